The van der Waals surface area contributed by atoms with Crippen LogP contribution in [0.2, 0.25) is 0 Å². The Morgan fingerprint density at radius 3 is 2.89 bits per heavy atom. The quantitative estimate of drug-likeness (QED) is 0.730. The summed E-state index contributed by atoms with van der Waals surface area (Å²) in [5.41, 5.74) is -1.30. The van der Waals surface area contributed by atoms with E-state index in [9.17, 15) is 9.59 Å². The van der Waals surface area contributed by atoms with Gasteiger partial charge in [0.15, 0.2) is 0 Å². The van der Waals surface area contributed by atoms with Gasteiger partial charge in [-0.15, -0.1) is 10.2 Å². The standard InChI is InChI=1S/C10H10N6O2/c1-15-6-12-14-8(15)2-3-16-5-7(4-11)9(17)13-10(16)18/h5-6H,2-3H2,1H3,(H,13,17,18). The molecular formula is C10H10N6O2. The Morgan fingerprint density at radius 2 is 2.28 bits per heavy atom. The molecule has 0 atom stereocenters. The van der Waals surface area contributed by atoms with Crippen molar-refractivity contribution >= 4 is 0 Å². The molecule has 92 valence electrons. The van der Waals surface area contributed by atoms with Crippen LogP contribution < -0.4 is 11.2 Å². The molecule has 0 aliphatic rings. The fourth-order valence-electron chi connectivity index (χ4n) is 1.51. The van der Waals surface area contributed by atoms with Crippen molar-refractivity contribution < 1.29 is 0 Å². The first-order valence-electron chi connectivity index (χ1n) is 5.18. The molecule has 0 saturated heterocycles. The summed E-state index contributed by atoms with van der Waals surface area (Å²) in [5.74, 6) is 0.714. The van der Waals surface area contributed by atoms with E-state index in [4.69, 9.17) is 5.26 Å². The van der Waals surface area contributed by atoms with Crippen LogP contribution in [0.5, 0.6) is 0 Å². The van der Waals surface area contributed by atoms with Gasteiger partial charge in [0.05, 0.1) is 0 Å². The van der Waals surface area contributed by atoms with E-state index < -0.39 is 11.2 Å². The molecular weight excluding hydrogens is 236 g/mol. The minimum absolute atomic E-state index is 0.0902. The van der Waals surface area contributed by atoms with Crippen LogP contribution in [0.15, 0.2) is 22.1 Å². The Labute approximate surface area is 101 Å². The molecule has 8 heteroatoms. The summed E-state index contributed by atoms with van der Waals surface area (Å²) in [6, 6.07) is 1.73. The molecule has 18 heavy (non-hydrogen) atoms. The van der Waals surface area contributed by atoms with E-state index in [-0.39, 0.29) is 5.56 Å². The Morgan fingerprint density at radius 1 is 1.50 bits per heavy atom. The van der Waals surface area contributed by atoms with E-state index in [2.05, 4.69) is 15.2 Å². The second-order valence-electron chi connectivity index (χ2n) is 3.72. The minimum Gasteiger partial charge on any atom is -0.321 e. The van der Waals surface area contributed by atoms with Crippen molar-refractivity contribution in [1.82, 2.24) is 24.3 Å². The van der Waals surface area contributed by atoms with Gasteiger partial charge in [-0.2, -0.15) is 5.26 Å². The predicted octanol–water partition coefficient (Wildman–Crippen LogP) is -1.22. The van der Waals surface area contributed by atoms with Crippen LogP contribution in [0.4, 0.5) is 0 Å². The zero-order valence-electron chi connectivity index (χ0n) is 9.62. The topological polar surface area (TPSA) is 109 Å². The fourth-order valence-corrected chi connectivity index (χ4v) is 1.51. The monoisotopic (exact) mass is 246 g/mol. The zero-order chi connectivity index (χ0) is 13.1. The normalized spacial score (nSPS) is 10.2. The van der Waals surface area contributed by atoms with Gasteiger partial charge in [0.1, 0.15) is 23.8 Å². The Balaban J connectivity index is 2.25. The first-order chi connectivity index (χ1) is 8.61. The van der Waals surface area contributed by atoms with E-state index in [0.29, 0.717) is 18.8 Å². The Hall–Kier alpha value is -2.69. The summed E-state index contributed by atoms with van der Waals surface area (Å²) in [7, 11) is 1.80. The number of aromatic nitrogens is 5. The van der Waals surface area contributed by atoms with Crippen molar-refractivity contribution in [3.8, 4) is 6.07 Å². The lowest BCUT2D eigenvalue weighted by atomic mass is 10.3. The molecule has 0 amide bonds. The van der Waals surface area contributed by atoms with E-state index in [1.54, 1.807) is 24.0 Å². The molecule has 8 nitrogen and oxygen atoms in total. The average molecular weight is 246 g/mol. The third kappa shape index (κ3) is 2.20. The van der Waals surface area contributed by atoms with E-state index in [1.165, 1.54) is 10.8 Å². The SMILES string of the molecule is Cn1cnnc1CCn1cc(C#N)c(=O)[nH]c1=O. The van der Waals surface area contributed by atoms with Crippen LogP contribution in [0, 0.1) is 11.3 Å². The second kappa shape index (κ2) is 4.67. The third-order valence-corrected chi connectivity index (χ3v) is 2.51. The van der Waals surface area contributed by atoms with Crippen LogP contribution in [0.1, 0.15) is 11.4 Å². The highest BCUT2D eigenvalue weighted by molar-refractivity contribution is 5.21. The van der Waals surface area contributed by atoms with E-state index in [1.807, 2.05) is 0 Å². The van der Waals surface area contributed by atoms with Gasteiger partial charge < -0.3 is 4.57 Å². The van der Waals surface area contributed by atoms with Crippen LogP contribution in [-0.4, -0.2) is 24.3 Å². The number of aryl methyl sites for hydroxylation is 3. The first-order valence-corrected chi connectivity index (χ1v) is 5.18. The highest BCUT2D eigenvalue weighted by atomic mass is 16.2. The lowest BCUT2D eigenvalue weighted by molar-refractivity contribution is 0.612. The molecule has 0 bridgehead atoms. The van der Waals surface area contributed by atoms with Gasteiger partial charge in [-0.05, 0) is 0 Å². The number of rotatable bonds is 3. The molecule has 2 rings (SSSR count). The second-order valence-corrected chi connectivity index (χ2v) is 3.72. The maximum Gasteiger partial charge on any atom is 0.328 e. The largest absolute Gasteiger partial charge is 0.328 e. The fraction of sp³-hybridized carbons (Fsp3) is 0.300. The lowest BCUT2D eigenvalue weighted by Crippen LogP contribution is -2.31. The van der Waals surface area contributed by atoms with Crippen LogP contribution >= 0.6 is 0 Å². The van der Waals surface area contributed by atoms with Gasteiger partial charge in [0.25, 0.3) is 5.56 Å². The van der Waals surface area contributed by atoms with Crippen LogP contribution in [0.3, 0.4) is 0 Å². The number of hydrogen-bond acceptors (Lipinski definition) is 5. The number of H-pyrrole nitrogens is 1. The maximum atomic E-state index is 11.5. The zero-order valence-corrected chi connectivity index (χ0v) is 9.62. The molecule has 1 N–H and O–H groups in total. The molecule has 2 heterocycles. The van der Waals surface area contributed by atoms with Gasteiger partial charge in [-0.1, -0.05) is 0 Å². The van der Waals surface area contributed by atoms with Crippen molar-refractivity contribution in [2.24, 2.45) is 7.05 Å². The average Bonchev–Trinajstić information content (AvgIpc) is 2.74. The number of aromatic amines is 1. The third-order valence-electron chi connectivity index (χ3n) is 2.51. The molecule has 0 aliphatic carbocycles. The summed E-state index contributed by atoms with van der Waals surface area (Å²) in [4.78, 5) is 24.8. The van der Waals surface area contributed by atoms with Crippen LogP contribution in [0.25, 0.3) is 0 Å². The van der Waals surface area contributed by atoms with Crippen molar-refractivity contribution in [3.05, 3.63) is 44.8 Å². The van der Waals surface area contributed by atoms with Gasteiger partial charge in [-0.3, -0.25) is 14.3 Å². The van der Waals surface area contributed by atoms with Gasteiger partial charge in [-0.25, -0.2) is 4.79 Å². The molecule has 0 saturated carbocycles. The molecule has 0 fully saturated rings. The number of nitrogens with zero attached hydrogens (tertiary/aromatic N) is 5. The van der Waals surface area contributed by atoms with Gasteiger partial charge >= 0.3 is 5.69 Å². The van der Waals surface area contributed by atoms with Crippen molar-refractivity contribution in [2.45, 2.75) is 13.0 Å². The lowest BCUT2D eigenvalue weighted by Gasteiger charge is -2.04. The highest BCUT2D eigenvalue weighted by Crippen LogP contribution is 1.95. The molecule has 0 spiro atoms. The molecule has 0 aliphatic heterocycles. The van der Waals surface area contributed by atoms with Gasteiger partial charge in [0, 0.05) is 26.2 Å². The molecule has 2 aromatic heterocycles. The molecule has 0 unspecified atom stereocenters. The van der Waals surface area contributed by atoms with Crippen molar-refractivity contribution in [3.63, 3.8) is 0 Å². The highest BCUT2D eigenvalue weighted by Gasteiger charge is 2.06. The Bertz CT molecular complexity index is 717. The summed E-state index contributed by atoms with van der Waals surface area (Å²) in [5, 5.41) is 16.3. The summed E-state index contributed by atoms with van der Waals surface area (Å²) in [6.45, 7) is 0.316. The smallest absolute Gasteiger partial charge is 0.321 e. The summed E-state index contributed by atoms with van der Waals surface area (Å²) >= 11 is 0. The number of hydrogen-bond donors (Lipinski definition) is 1. The maximum absolute atomic E-state index is 11.5. The van der Waals surface area contributed by atoms with Crippen LogP contribution in [-0.2, 0) is 20.0 Å². The first kappa shape index (κ1) is 11.8. The number of nitriles is 1. The molecule has 0 aromatic carbocycles. The van der Waals surface area contributed by atoms with Crippen molar-refractivity contribution in [2.75, 3.05) is 0 Å². The van der Waals surface area contributed by atoms with E-state index >= 15 is 0 Å². The van der Waals surface area contributed by atoms with Crippen molar-refractivity contribution in [1.29, 1.82) is 5.26 Å². The minimum atomic E-state index is -0.669. The summed E-state index contributed by atoms with van der Waals surface area (Å²) < 4.78 is 3.01. The predicted molar refractivity (Wildman–Crippen MR) is 60.7 cm³/mol. The number of nitrogens with one attached hydrogen (secondary N) is 1. The molecule has 2 aromatic rings. The summed E-state index contributed by atoms with van der Waals surface area (Å²) in [6.07, 6.45) is 3.29. The van der Waals surface area contributed by atoms with E-state index in [0.717, 1.165) is 0 Å². The van der Waals surface area contributed by atoms with Gasteiger partial charge in [0.2, 0.25) is 0 Å². The Kier molecular flexibility index (Phi) is 3.05. The molecule has 0 radical (unpaired) electrons.